The maximum atomic E-state index is 15.0. The zero-order valence-corrected chi connectivity index (χ0v) is 27.0. The highest BCUT2D eigenvalue weighted by atomic mass is 35.5. The van der Waals surface area contributed by atoms with Crippen LogP contribution in [0.5, 0.6) is 0 Å². The first-order valence-electron chi connectivity index (χ1n) is 14.1. The molecule has 0 spiro atoms. The molecule has 6 aromatic rings. The minimum atomic E-state index is -4.67. The van der Waals surface area contributed by atoms with Crippen LogP contribution < -0.4 is 0 Å². The van der Waals surface area contributed by atoms with E-state index in [1.165, 1.54) is 42.5 Å². The first-order valence-corrected chi connectivity index (χ1v) is 17.3. The van der Waals surface area contributed by atoms with Crippen molar-refractivity contribution < 1.29 is 34.6 Å². The molecule has 6 rings (SSSR count). The van der Waals surface area contributed by atoms with E-state index < -0.39 is 42.8 Å². The quantitative estimate of drug-likeness (QED) is 0.163. The summed E-state index contributed by atoms with van der Waals surface area (Å²) in [7, 11) is -9.25. The van der Waals surface area contributed by atoms with Crippen LogP contribution in [0.3, 0.4) is 0 Å². The highest BCUT2D eigenvalue weighted by Gasteiger charge is 2.31. The summed E-state index contributed by atoms with van der Waals surface area (Å²) >= 11 is 6.43. The van der Waals surface area contributed by atoms with Crippen LogP contribution in [-0.2, 0) is 20.1 Å². The van der Waals surface area contributed by atoms with Crippen molar-refractivity contribution >= 4 is 42.6 Å². The topological polar surface area (TPSA) is 141 Å². The second-order valence-corrected chi connectivity index (χ2v) is 14.3. The Morgan fingerprint density at radius 2 is 1.35 bits per heavy atom. The first kappa shape index (κ1) is 33.5. The molecule has 49 heavy (non-hydrogen) atoms. The van der Waals surface area contributed by atoms with Gasteiger partial charge in [-0.3, -0.25) is 4.55 Å². The molecule has 1 heterocycles. The van der Waals surface area contributed by atoms with Crippen molar-refractivity contribution in [2.45, 2.75) is 16.2 Å². The van der Waals surface area contributed by atoms with E-state index in [1.54, 1.807) is 12.1 Å². The van der Waals surface area contributed by atoms with E-state index in [1.807, 2.05) is 12.1 Å². The van der Waals surface area contributed by atoms with Crippen molar-refractivity contribution in [3.8, 4) is 45.6 Å². The van der Waals surface area contributed by atoms with Gasteiger partial charge in [0.25, 0.3) is 26.6 Å². The number of halogens is 4. The molecule has 0 saturated heterocycles. The van der Waals surface area contributed by atoms with Crippen molar-refractivity contribution in [2.75, 3.05) is 0 Å². The van der Waals surface area contributed by atoms with E-state index in [0.29, 0.717) is 11.1 Å². The Balaban J connectivity index is 1.75. The van der Waals surface area contributed by atoms with Crippen LogP contribution in [0.15, 0.2) is 113 Å². The van der Waals surface area contributed by atoms with Gasteiger partial charge >= 0.3 is 0 Å². The lowest BCUT2D eigenvalue weighted by Crippen LogP contribution is -2.14. The molecule has 1 aromatic heterocycles. The van der Waals surface area contributed by atoms with Gasteiger partial charge in [-0.1, -0.05) is 54.1 Å². The lowest BCUT2D eigenvalue weighted by molar-refractivity contribution is 0.151. The summed E-state index contributed by atoms with van der Waals surface area (Å²) in [4.78, 5) is -0.831. The van der Waals surface area contributed by atoms with Crippen molar-refractivity contribution in [3.63, 3.8) is 0 Å². The van der Waals surface area contributed by atoms with Gasteiger partial charge in [0.15, 0.2) is 0 Å². The van der Waals surface area contributed by atoms with Gasteiger partial charge in [-0.2, -0.15) is 18.9 Å². The minimum Gasteiger partial charge on any atom is -0.282 e. The van der Waals surface area contributed by atoms with Crippen molar-refractivity contribution in [3.05, 3.63) is 131 Å². The van der Waals surface area contributed by atoms with E-state index in [2.05, 4.69) is 0 Å². The van der Waals surface area contributed by atoms with E-state index in [4.69, 9.17) is 11.6 Å². The van der Waals surface area contributed by atoms with Gasteiger partial charge in [0, 0.05) is 38.2 Å². The molecule has 0 unspecified atom stereocenters. The lowest BCUT2D eigenvalue weighted by atomic mass is 9.90. The van der Waals surface area contributed by atoms with Gasteiger partial charge in [0.1, 0.15) is 5.82 Å². The third-order valence-corrected chi connectivity index (χ3v) is 10.7. The molecule has 0 radical (unpaired) electrons. The van der Waals surface area contributed by atoms with Crippen LogP contribution in [0.1, 0.15) is 23.1 Å². The second kappa shape index (κ2) is 12.5. The summed E-state index contributed by atoms with van der Waals surface area (Å²) in [5, 5.41) is 20.2. The molecule has 5 aromatic carbocycles. The Kier molecular flexibility index (Phi) is 8.56. The smallest absolute Gasteiger partial charge is 0.282 e. The number of benzene rings is 5. The molecule has 0 aliphatic carbocycles. The molecule has 0 aliphatic rings. The van der Waals surface area contributed by atoms with Crippen molar-refractivity contribution in [2.24, 2.45) is 0 Å². The fraction of sp³-hybridized carbons (Fsp3) is 0.0286. The molecule has 8 nitrogen and oxygen atoms in total. The minimum absolute atomic E-state index is 0.0118. The van der Waals surface area contributed by atoms with Crippen LogP contribution in [0.2, 0.25) is 5.02 Å². The third kappa shape index (κ3) is 5.94. The van der Waals surface area contributed by atoms with Gasteiger partial charge in [0.2, 0.25) is 0 Å². The summed E-state index contributed by atoms with van der Waals surface area (Å²) in [6.07, 6.45) is -2.86. The van der Waals surface area contributed by atoms with Gasteiger partial charge in [-0.05, 0) is 66.2 Å². The average Bonchev–Trinajstić information content (AvgIpc) is 3.42. The van der Waals surface area contributed by atoms with Gasteiger partial charge in [-0.15, -0.1) is 0 Å². The average molecular weight is 718 g/mol. The molecule has 14 heteroatoms. The monoisotopic (exact) mass is 717 g/mol. The van der Waals surface area contributed by atoms with Crippen LogP contribution in [-0.4, -0.2) is 25.4 Å². The molecule has 0 aliphatic heterocycles. The normalized spacial score (nSPS) is 11.8. The molecule has 1 N–H and O–H groups in total. The Bertz CT molecular complexity index is 2600. The zero-order valence-electron chi connectivity index (χ0n) is 24.6. The molecule has 244 valence electrons. The summed E-state index contributed by atoms with van der Waals surface area (Å²) < 4.78 is 105. The number of nitriles is 2. The fourth-order valence-electron chi connectivity index (χ4n) is 5.62. The zero-order chi connectivity index (χ0) is 35.2. The number of rotatable bonds is 7. The molecule has 0 saturated carbocycles. The van der Waals surface area contributed by atoms with E-state index >= 15 is 0 Å². The Morgan fingerprint density at radius 3 is 1.94 bits per heavy atom. The maximum Gasteiger partial charge on any atom is 0.294 e. The lowest BCUT2D eigenvalue weighted by Gasteiger charge is -2.16. The van der Waals surface area contributed by atoms with Crippen LogP contribution in [0.25, 0.3) is 44.4 Å². The number of fused-ring (bicyclic) bond motifs is 1. The Morgan fingerprint density at radius 1 is 0.735 bits per heavy atom. The number of aromatic nitrogens is 1. The molecule has 0 amide bonds. The maximum absolute atomic E-state index is 15.0. The highest BCUT2D eigenvalue weighted by Crippen LogP contribution is 2.46. The molecule has 0 fully saturated rings. The number of alkyl halides is 2. The standard InChI is InChI=1S/C35H19ClF3N3O5S2/c36-30-17-27(49(45,46)47)12-13-28(30)21-3-1-4-22(15-21)34-33(32-23(18-40)5-2-6-24(32)19-41)29-16-25(37)9-14-31(29)42(34)48(43,44)26-10-7-20(8-11-26)35(38)39/h1-17,35H,(H,45,46,47). The van der Waals surface area contributed by atoms with Crippen LogP contribution in [0, 0.1) is 28.5 Å². The number of hydrogen-bond donors (Lipinski definition) is 1. The predicted molar refractivity (Wildman–Crippen MR) is 176 cm³/mol. The van der Waals surface area contributed by atoms with Crippen LogP contribution >= 0.6 is 11.6 Å². The summed E-state index contributed by atoms with van der Waals surface area (Å²) in [5.74, 6) is -0.747. The van der Waals surface area contributed by atoms with Crippen molar-refractivity contribution in [1.29, 1.82) is 10.5 Å². The highest BCUT2D eigenvalue weighted by molar-refractivity contribution is 7.90. The van der Waals surface area contributed by atoms with Crippen molar-refractivity contribution in [1.82, 2.24) is 3.97 Å². The molecule has 0 atom stereocenters. The Labute approximate surface area is 283 Å². The van der Waals surface area contributed by atoms with Crippen LogP contribution in [0.4, 0.5) is 13.2 Å². The summed E-state index contributed by atoms with van der Waals surface area (Å²) in [5.41, 5.74) is 0.338. The summed E-state index contributed by atoms with van der Waals surface area (Å²) in [6, 6.07) is 25.4. The largest absolute Gasteiger partial charge is 0.294 e. The number of hydrogen-bond acceptors (Lipinski definition) is 6. The SMILES string of the molecule is N#Cc1cccc(C#N)c1-c1c(-c2cccc(-c3ccc(S(=O)(=O)O)cc3Cl)c2)n(S(=O)(=O)c2ccc(C(F)F)cc2)c2ccc(F)cc12. The van der Waals surface area contributed by atoms with Gasteiger partial charge in [0.05, 0.1) is 44.3 Å². The molecular formula is C35H19ClF3N3O5S2. The van der Waals surface area contributed by atoms with Gasteiger partial charge < -0.3 is 0 Å². The van der Waals surface area contributed by atoms with E-state index in [-0.39, 0.29) is 54.3 Å². The fourth-order valence-corrected chi connectivity index (χ4v) is 8.03. The van der Waals surface area contributed by atoms with E-state index in [0.717, 1.165) is 52.5 Å². The molecular weight excluding hydrogens is 699 g/mol. The number of nitrogens with zero attached hydrogens (tertiary/aromatic N) is 3. The van der Waals surface area contributed by atoms with E-state index in [9.17, 15) is 45.1 Å². The predicted octanol–water partition coefficient (Wildman–Crippen LogP) is 8.60. The second-order valence-electron chi connectivity index (χ2n) is 10.7. The third-order valence-electron chi connectivity index (χ3n) is 7.80. The van der Waals surface area contributed by atoms with Gasteiger partial charge in [-0.25, -0.2) is 25.6 Å². The Hall–Kier alpha value is -5.44. The molecule has 0 bridgehead atoms. The first-order chi connectivity index (χ1) is 23.3. The summed E-state index contributed by atoms with van der Waals surface area (Å²) in [6.45, 7) is 0.